The predicted molar refractivity (Wildman–Crippen MR) is 106 cm³/mol. The Morgan fingerprint density at radius 2 is 2.00 bits per heavy atom. The number of aromatic nitrogens is 2. The molecule has 2 N–H and O–H groups in total. The Kier molecular flexibility index (Phi) is 5.88. The first-order chi connectivity index (χ1) is 13.0. The molecule has 0 spiro atoms. The van der Waals surface area contributed by atoms with Crippen molar-refractivity contribution in [1.29, 1.82) is 0 Å². The van der Waals surface area contributed by atoms with Crippen molar-refractivity contribution in [2.75, 3.05) is 6.54 Å². The van der Waals surface area contributed by atoms with Gasteiger partial charge in [-0.2, -0.15) is 0 Å². The highest BCUT2D eigenvalue weighted by Gasteiger charge is 2.13. The Balaban J connectivity index is 1.81. The maximum absolute atomic E-state index is 12.7. The molecule has 0 bridgehead atoms. The lowest BCUT2D eigenvalue weighted by Crippen LogP contribution is -2.42. The second kappa shape index (κ2) is 8.32. The van der Waals surface area contributed by atoms with Crippen LogP contribution in [0, 0.1) is 0 Å². The molecule has 2 heterocycles. The molecule has 0 atom stereocenters. The third kappa shape index (κ3) is 4.53. The zero-order valence-electron chi connectivity index (χ0n) is 14.5. The minimum absolute atomic E-state index is 0.282. The molecular weight excluding hydrogens is 388 g/mol. The summed E-state index contributed by atoms with van der Waals surface area (Å²) >= 11 is 7.21. The fourth-order valence-corrected chi connectivity index (χ4v) is 3.61. The maximum Gasteiger partial charge on any atom is 0.321 e. The first-order valence-corrected chi connectivity index (χ1v) is 9.50. The van der Waals surface area contributed by atoms with Gasteiger partial charge in [0.15, 0.2) is 0 Å². The number of imide groups is 1. The molecule has 140 valence electrons. The van der Waals surface area contributed by atoms with Crippen molar-refractivity contribution >= 4 is 45.1 Å². The van der Waals surface area contributed by atoms with Crippen molar-refractivity contribution in [1.82, 2.24) is 20.2 Å². The number of hydrogen-bond donors (Lipinski definition) is 2. The second-order valence-electron chi connectivity index (χ2n) is 5.81. The molecule has 0 fully saturated rings. The van der Waals surface area contributed by atoms with Crippen LogP contribution in [0.25, 0.3) is 20.7 Å². The summed E-state index contributed by atoms with van der Waals surface area (Å²) in [6, 6.07) is 8.54. The van der Waals surface area contributed by atoms with Gasteiger partial charge in [-0.3, -0.25) is 19.5 Å². The first-order valence-electron chi connectivity index (χ1n) is 8.30. The molecule has 0 aliphatic heterocycles. The molecule has 3 rings (SSSR count). The predicted octanol–water partition coefficient (Wildman–Crippen LogP) is 3.01. The number of urea groups is 1. The second-order valence-corrected chi connectivity index (χ2v) is 7.30. The van der Waals surface area contributed by atoms with Gasteiger partial charge in [-0.15, -0.1) is 11.3 Å². The number of fused-ring (bicyclic) bond motifs is 1. The number of carbonyl (C=O) groups excluding carboxylic acids is 2. The highest BCUT2D eigenvalue weighted by atomic mass is 35.5. The van der Waals surface area contributed by atoms with Gasteiger partial charge in [-0.05, 0) is 30.2 Å². The van der Waals surface area contributed by atoms with E-state index in [4.69, 9.17) is 11.6 Å². The monoisotopic (exact) mass is 404 g/mol. The lowest BCUT2D eigenvalue weighted by molar-refractivity contribution is -0.120. The van der Waals surface area contributed by atoms with Crippen LogP contribution in [-0.4, -0.2) is 28.0 Å². The van der Waals surface area contributed by atoms with E-state index in [9.17, 15) is 14.4 Å². The third-order valence-electron chi connectivity index (χ3n) is 3.73. The minimum atomic E-state index is -0.582. The fraction of sp³-hybridized carbons (Fsp3) is 0.222. The molecule has 1 aromatic carbocycles. The largest absolute Gasteiger partial charge is 0.338 e. The molecule has 7 nitrogen and oxygen atoms in total. The van der Waals surface area contributed by atoms with Crippen molar-refractivity contribution < 1.29 is 9.59 Å². The molecule has 0 aliphatic rings. The quantitative estimate of drug-likeness (QED) is 0.683. The van der Waals surface area contributed by atoms with Gasteiger partial charge in [-0.25, -0.2) is 9.78 Å². The first kappa shape index (κ1) is 19.1. The molecule has 0 unspecified atom stereocenters. The zero-order chi connectivity index (χ0) is 19.4. The highest BCUT2D eigenvalue weighted by molar-refractivity contribution is 7.22. The lowest BCUT2D eigenvalue weighted by Gasteiger charge is -2.07. The van der Waals surface area contributed by atoms with Gasteiger partial charge in [0.2, 0.25) is 5.91 Å². The van der Waals surface area contributed by atoms with Gasteiger partial charge >= 0.3 is 6.03 Å². The summed E-state index contributed by atoms with van der Waals surface area (Å²) in [6.07, 6.45) is 2.07. The van der Waals surface area contributed by atoms with E-state index < -0.39 is 11.9 Å². The van der Waals surface area contributed by atoms with E-state index in [1.165, 1.54) is 22.2 Å². The zero-order valence-corrected chi connectivity index (χ0v) is 16.1. The van der Waals surface area contributed by atoms with Crippen LogP contribution >= 0.6 is 22.9 Å². The van der Waals surface area contributed by atoms with Crippen molar-refractivity contribution in [2.24, 2.45) is 0 Å². The van der Waals surface area contributed by atoms with Crippen molar-refractivity contribution in [2.45, 2.75) is 19.9 Å². The molecule has 27 heavy (non-hydrogen) atoms. The topological polar surface area (TPSA) is 93.1 Å². The van der Waals surface area contributed by atoms with Crippen LogP contribution in [0.4, 0.5) is 4.79 Å². The van der Waals surface area contributed by atoms with Gasteiger partial charge in [0, 0.05) is 16.4 Å². The molecule has 0 radical (unpaired) electrons. The molecule has 0 saturated heterocycles. The molecule has 3 aromatic rings. The number of amides is 3. The summed E-state index contributed by atoms with van der Waals surface area (Å²) in [5.74, 6) is -0.582. The standard InChI is InChI=1S/C18H17ClN4O3S/c1-2-7-20-18(26)22-15(24)9-23-10-21-13-8-14(27-16(13)17(23)25)11-3-5-12(19)6-4-11/h3-6,8,10H,2,7,9H2,1H3,(H2,20,22,24,26). The van der Waals surface area contributed by atoms with E-state index in [0.29, 0.717) is 21.8 Å². The van der Waals surface area contributed by atoms with Crippen molar-refractivity contribution in [3.05, 3.63) is 52.0 Å². The Morgan fingerprint density at radius 3 is 2.70 bits per heavy atom. The number of carbonyl (C=O) groups is 2. The van der Waals surface area contributed by atoms with Gasteiger partial charge in [0.1, 0.15) is 11.2 Å². The summed E-state index contributed by atoms with van der Waals surface area (Å²) in [7, 11) is 0. The molecule has 2 aromatic heterocycles. The number of benzene rings is 1. The Morgan fingerprint density at radius 1 is 1.26 bits per heavy atom. The maximum atomic E-state index is 12.7. The van der Waals surface area contributed by atoms with Crippen LogP contribution < -0.4 is 16.2 Å². The molecule has 9 heteroatoms. The van der Waals surface area contributed by atoms with Crippen LogP contribution in [0.1, 0.15) is 13.3 Å². The smallest absolute Gasteiger partial charge is 0.321 e. The molecular formula is C18H17ClN4O3S. The number of nitrogens with zero attached hydrogens (tertiary/aromatic N) is 2. The van der Waals surface area contributed by atoms with Gasteiger partial charge in [-0.1, -0.05) is 30.7 Å². The molecule has 0 saturated carbocycles. The Hall–Kier alpha value is -2.71. The molecule has 3 amide bonds. The van der Waals surface area contributed by atoms with Crippen LogP contribution in [0.15, 0.2) is 41.5 Å². The average molecular weight is 405 g/mol. The van der Waals surface area contributed by atoms with Crippen LogP contribution in [0.5, 0.6) is 0 Å². The Labute approximate surface area is 164 Å². The lowest BCUT2D eigenvalue weighted by atomic mass is 10.2. The normalized spacial score (nSPS) is 10.7. The third-order valence-corrected chi connectivity index (χ3v) is 5.15. The highest BCUT2D eigenvalue weighted by Crippen LogP contribution is 2.31. The van der Waals surface area contributed by atoms with Gasteiger partial charge < -0.3 is 5.32 Å². The van der Waals surface area contributed by atoms with Crippen LogP contribution in [0.3, 0.4) is 0 Å². The van der Waals surface area contributed by atoms with Crippen molar-refractivity contribution in [3.8, 4) is 10.4 Å². The summed E-state index contributed by atoms with van der Waals surface area (Å²) < 4.78 is 1.64. The van der Waals surface area contributed by atoms with Gasteiger partial charge in [0.25, 0.3) is 5.56 Å². The van der Waals surface area contributed by atoms with E-state index in [2.05, 4.69) is 15.6 Å². The van der Waals surface area contributed by atoms with E-state index in [1.54, 1.807) is 12.1 Å². The number of hydrogen-bond acceptors (Lipinski definition) is 5. The SMILES string of the molecule is CCCNC(=O)NC(=O)Cn1cnc2cc(-c3ccc(Cl)cc3)sc2c1=O. The number of nitrogens with one attached hydrogen (secondary N) is 2. The summed E-state index contributed by atoms with van der Waals surface area (Å²) in [6.45, 7) is 2.09. The van der Waals surface area contributed by atoms with E-state index in [0.717, 1.165) is 16.9 Å². The number of thiophene rings is 1. The summed E-state index contributed by atoms with van der Waals surface area (Å²) in [5, 5.41) is 5.36. The van der Waals surface area contributed by atoms with Crippen LogP contribution in [-0.2, 0) is 11.3 Å². The van der Waals surface area contributed by atoms with E-state index in [1.807, 2.05) is 25.1 Å². The number of halogens is 1. The van der Waals surface area contributed by atoms with Gasteiger partial charge in [0.05, 0.1) is 11.8 Å². The Bertz CT molecular complexity index is 1040. The average Bonchev–Trinajstić information content (AvgIpc) is 3.08. The number of rotatable bonds is 5. The van der Waals surface area contributed by atoms with Crippen molar-refractivity contribution in [3.63, 3.8) is 0 Å². The fourth-order valence-electron chi connectivity index (χ4n) is 2.42. The molecule has 0 aliphatic carbocycles. The summed E-state index contributed by atoms with van der Waals surface area (Å²) in [5.41, 5.74) is 1.17. The van der Waals surface area contributed by atoms with E-state index in [-0.39, 0.29) is 12.1 Å². The van der Waals surface area contributed by atoms with E-state index >= 15 is 0 Å². The van der Waals surface area contributed by atoms with Crippen LogP contribution in [0.2, 0.25) is 5.02 Å². The minimum Gasteiger partial charge on any atom is -0.338 e. The summed E-state index contributed by atoms with van der Waals surface area (Å²) in [4.78, 5) is 41.3.